The van der Waals surface area contributed by atoms with Gasteiger partial charge in [0.1, 0.15) is 0 Å². The van der Waals surface area contributed by atoms with Gasteiger partial charge in [-0.2, -0.15) is 0 Å². The highest BCUT2D eigenvalue weighted by atomic mass is 35.5. The molecule has 0 atom stereocenters. The van der Waals surface area contributed by atoms with Crippen molar-refractivity contribution in [2.45, 2.75) is 11.7 Å². The van der Waals surface area contributed by atoms with Crippen LogP contribution in [-0.4, -0.2) is 47.6 Å². The van der Waals surface area contributed by atoms with Crippen LogP contribution in [0, 0.1) is 0 Å². The molecule has 0 heterocycles. The predicted octanol–water partition coefficient (Wildman–Crippen LogP) is -0.0401. The normalized spacial score (nSPS) is 13.8. The Morgan fingerprint density at radius 2 is 1.70 bits per heavy atom. The van der Waals surface area contributed by atoms with Gasteiger partial charge in [0.25, 0.3) is 0 Å². The van der Waals surface area contributed by atoms with Gasteiger partial charge in [-0.05, 0) is 0 Å². The van der Waals surface area contributed by atoms with E-state index in [9.17, 15) is 0 Å². The van der Waals surface area contributed by atoms with Crippen molar-refractivity contribution in [3.05, 3.63) is 0 Å². The van der Waals surface area contributed by atoms with Crippen LogP contribution >= 0.6 is 11.6 Å². The van der Waals surface area contributed by atoms with E-state index in [-0.39, 0.29) is 6.42 Å². The van der Waals surface area contributed by atoms with E-state index in [2.05, 4.69) is 0 Å². The van der Waals surface area contributed by atoms with Crippen LogP contribution in [0.4, 0.5) is 0 Å². The molecule has 3 nitrogen and oxygen atoms in total. The first-order chi connectivity index (χ1) is 4.21. The van der Waals surface area contributed by atoms with Crippen LogP contribution in [0.5, 0.6) is 0 Å². The lowest BCUT2D eigenvalue weighted by molar-refractivity contribution is -0.871. The summed E-state index contributed by atoms with van der Waals surface area (Å²) >= 11 is 5.14. The van der Waals surface area contributed by atoms with Gasteiger partial charge < -0.3 is 14.7 Å². The second kappa shape index (κ2) is 3.05. The Morgan fingerprint density at radius 3 is 1.80 bits per heavy atom. The highest BCUT2D eigenvalue weighted by Gasteiger charge is 2.22. The molecule has 62 valence electrons. The summed E-state index contributed by atoms with van der Waals surface area (Å²) in [4.78, 5) is 0. The Labute approximate surface area is 66.4 Å². The van der Waals surface area contributed by atoms with E-state index in [1.807, 2.05) is 21.1 Å². The molecule has 0 spiro atoms. The van der Waals surface area contributed by atoms with E-state index >= 15 is 0 Å². The van der Waals surface area contributed by atoms with E-state index in [1.165, 1.54) is 0 Å². The fourth-order valence-electron chi connectivity index (χ4n) is 0.478. The maximum Gasteiger partial charge on any atom is 0.248 e. The quantitative estimate of drug-likeness (QED) is 0.353. The lowest BCUT2D eigenvalue weighted by atomic mass is 10.3. The summed E-state index contributed by atoms with van der Waals surface area (Å²) in [6.07, 6.45) is 0.179. The molecule has 0 unspecified atom stereocenters. The van der Waals surface area contributed by atoms with E-state index in [4.69, 9.17) is 21.8 Å². The van der Waals surface area contributed by atoms with Gasteiger partial charge in [0.2, 0.25) is 5.25 Å². The molecule has 0 aromatic rings. The molecule has 4 heteroatoms. The van der Waals surface area contributed by atoms with E-state index in [0.29, 0.717) is 11.0 Å². The lowest BCUT2D eigenvalue weighted by Crippen LogP contribution is -2.39. The smallest absolute Gasteiger partial charge is 0.248 e. The van der Waals surface area contributed by atoms with Crippen molar-refractivity contribution < 1.29 is 14.7 Å². The molecular weight excluding hydrogens is 154 g/mol. The second-order valence-corrected chi connectivity index (χ2v) is 4.09. The highest BCUT2D eigenvalue weighted by Crippen LogP contribution is 2.12. The van der Waals surface area contributed by atoms with Crippen LogP contribution in [0.15, 0.2) is 0 Å². The summed E-state index contributed by atoms with van der Waals surface area (Å²) < 4.78 is 0.676. The third kappa shape index (κ3) is 8.17. The first-order valence-electron chi connectivity index (χ1n) is 3.15. The van der Waals surface area contributed by atoms with Crippen molar-refractivity contribution in [3.8, 4) is 0 Å². The molecule has 0 aromatic carbocycles. The molecule has 0 bridgehead atoms. The minimum atomic E-state index is -2.04. The average Bonchev–Trinajstić information content (AvgIpc) is 1.57. The Balaban J connectivity index is 3.56. The van der Waals surface area contributed by atoms with Crippen LogP contribution in [0.2, 0.25) is 0 Å². The average molecular weight is 169 g/mol. The standard InChI is InChI=1S/C6H15ClNO2/c1-8(2,3)5-4-6(7,9)10/h9-10H,4-5H2,1-3H3/q+1. The van der Waals surface area contributed by atoms with Crippen molar-refractivity contribution in [2.24, 2.45) is 0 Å². The van der Waals surface area contributed by atoms with Gasteiger partial charge in [0.15, 0.2) is 0 Å². The number of aliphatic hydroxyl groups is 2. The second-order valence-electron chi connectivity index (χ2n) is 3.48. The summed E-state index contributed by atoms with van der Waals surface area (Å²) in [5.74, 6) is 0. The number of nitrogens with zero attached hydrogens (tertiary/aromatic N) is 1. The largest absolute Gasteiger partial charge is 0.353 e. The summed E-state index contributed by atoms with van der Waals surface area (Å²) in [6.45, 7) is 0.635. The molecule has 0 aliphatic carbocycles. The number of rotatable bonds is 3. The Kier molecular flexibility index (Phi) is 3.10. The van der Waals surface area contributed by atoms with Gasteiger partial charge in [-0.15, -0.1) is 0 Å². The van der Waals surface area contributed by atoms with Crippen molar-refractivity contribution >= 4 is 11.6 Å². The monoisotopic (exact) mass is 168 g/mol. The highest BCUT2D eigenvalue weighted by molar-refractivity contribution is 6.21. The Bertz CT molecular complexity index is 89.3. The molecule has 0 saturated heterocycles. The zero-order valence-corrected chi connectivity index (χ0v) is 7.39. The van der Waals surface area contributed by atoms with Crippen LogP contribution in [0.25, 0.3) is 0 Å². The number of hydrogen-bond donors (Lipinski definition) is 2. The van der Waals surface area contributed by atoms with Crippen molar-refractivity contribution in [1.29, 1.82) is 0 Å². The maximum atomic E-state index is 8.69. The van der Waals surface area contributed by atoms with E-state index < -0.39 is 5.25 Å². The van der Waals surface area contributed by atoms with Crippen LogP contribution in [0.3, 0.4) is 0 Å². The van der Waals surface area contributed by atoms with Gasteiger partial charge in [0, 0.05) is 0 Å². The van der Waals surface area contributed by atoms with Gasteiger partial charge in [-0.25, -0.2) is 0 Å². The van der Waals surface area contributed by atoms with Gasteiger partial charge in [0.05, 0.1) is 34.1 Å². The zero-order chi connectivity index (χ0) is 8.41. The Hall–Kier alpha value is 0.170. The van der Waals surface area contributed by atoms with Gasteiger partial charge in [-0.3, -0.25) is 0 Å². The molecule has 0 aliphatic heterocycles. The van der Waals surface area contributed by atoms with Crippen LogP contribution in [0.1, 0.15) is 6.42 Å². The lowest BCUT2D eigenvalue weighted by Gasteiger charge is -2.25. The minimum Gasteiger partial charge on any atom is -0.353 e. The van der Waals surface area contributed by atoms with Crippen LogP contribution < -0.4 is 0 Å². The summed E-state index contributed by atoms with van der Waals surface area (Å²) in [7, 11) is 5.88. The fraction of sp³-hybridized carbons (Fsp3) is 1.00. The zero-order valence-electron chi connectivity index (χ0n) is 6.63. The third-order valence-corrected chi connectivity index (χ3v) is 1.29. The molecule has 0 radical (unpaired) electrons. The Morgan fingerprint density at radius 1 is 1.30 bits per heavy atom. The number of hydrogen-bond acceptors (Lipinski definition) is 2. The molecule has 0 aromatic heterocycles. The maximum absolute atomic E-state index is 8.69. The first kappa shape index (κ1) is 10.2. The van der Waals surface area contributed by atoms with Crippen LogP contribution in [-0.2, 0) is 0 Å². The molecule has 10 heavy (non-hydrogen) atoms. The molecular formula is C6H15ClNO2+. The molecule has 0 rings (SSSR count). The van der Waals surface area contributed by atoms with E-state index in [0.717, 1.165) is 0 Å². The number of halogens is 1. The summed E-state index contributed by atoms with van der Waals surface area (Å²) in [6, 6.07) is 0. The molecule has 0 aliphatic rings. The number of quaternary nitrogens is 1. The predicted molar refractivity (Wildman–Crippen MR) is 40.5 cm³/mol. The summed E-state index contributed by atoms with van der Waals surface area (Å²) in [5.41, 5.74) is 0. The fourth-order valence-corrected chi connectivity index (χ4v) is 0.562. The third-order valence-electron chi connectivity index (χ3n) is 1.10. The van der Waals surface area contributed by atoms with Crippen molar-refractivity contribution in [1.82, 2.24) is 0 Å². The SMILES string of the molecule is C[N+](C)(C)CCC(O)(O)Cl. The topological polar surface area (TPSA) is 40.5 Å². The van der Waals surface area contributed by atoms with Gasteiger partial charge in [-0.1, -0.05) is 11.6 Å². The van der Waals surface area contributed by atoms with Crippen molar-refractivity contribution in [3.63, 3.8) is 0 Å². The van der Waals surface area contributed by atoms with Crippen molar-refractivity contribution in [2.75, 3.05) is 27.7 Å². The van der Waals surface area contributed by atoms with E-state index in [1.54, 1.807) is 0 Å². The number of alkyl halides is 1. The summed E-state index contributed by atoms with van der Waals surface area (Å²) in [5, 5.41) is 15.3. The molecule has 0 fully saturated rings. The minimum absolute atomic E-state index is 0.179. The molecule has 0 amide bonds. The molecule has 0 saturated carbocycles. The molecule has 2 N–H and O–H groups in total. The van der Waals surface area contributed by atoms with Gasteiger partial charge >= 0.3 is 0 Å². The first-order valence-corrected chi connectivity index (χ1v) is 3.53.